The summed E-state index contributed by atoms with van der Waals surface area (Å²) in [4.78, 5) is 11.9. The summed E-state index contributed by atoms with van der Waals surface area (Å²) in [5.41, 5.74) is 6.53. The minimum absolute atomic E-state index is 0.122. The van der Waals surface area contributed by atoms with E-state index in [4.69, 9.17) is 16.3 Å². The van der Waals surface area contributed by atoms with Gasteiger partial charge in [-0.3, -0.25) is 4.79 Å². The second-order valence-electron chi connectivity index (χ2n) is 5.96. The van der Waals surface area contributed by atoms with Gasteiger partial charge in [-0.1, -0.05) is 41.4 Å². The van der Waals surface area contributed by atoms with Crippen molar-refractivity contribution in [3.05, 3.63) is 64.2 Å². The molecule has 0 saturated carbocycles. The summed E-state index contributed by atoms with van der Waals surface area (Å²) in [7, 11) is 0. The first-order chi connectivity index (χ1) is 12.0. The maximum Gasteiger partial charge on any atom is 0.240 e. The van der Waals surface area contributed by atoms with Gasteiger partial charge in [-0.05, 0) is 56.5 Å². The Kier molecular flexibility index (Phi) is 7.02. The maximum absolute atomic E-state index is 11.9. The molecule has 0 bridgehead atoms. The summed E-state index contributed by atoms with van der Waals surface area (Å²) in [6, 6.07) is 13.5. The Morgan fingerprint density at radius 3 is 2.56 bits per heavy atom. The fourth-order valence-corrected chi connectivity index (χ4v) is 2.48. The molecule has 1 amide bonds. The summed E-state index contributed by atoms with van der Waals surface area (Å²) in [6.45, 7) is 6.32. The molecule has 1 N–H and O–H groups in total. The van der Waals surface area contributed by atoms with Gasteiger partial charge in [0, 0.05) is 11.4 Å². The Labute approximate surface area is 153 Å². The highest BCUT2D eigenvalue weighted by atomic mass is 35.5. The molecule has 0 unspecified atom stereocenters. The van der Waals surface area contributed by atoms with Crippen LogP contribution in [0, 0.1) is 13.8 Å². The van der Waals surface area contributed by atoms with E-state index in [1.807, 2.05) is 57.2 Å². The number of halogens is 1. The van der Waals surface area contributed by atoms with Crippen molar-refractivity contribution < 1.29 is 9.53 Å². The van der Waals surface area contributed by atoms with E-state index in [-0.39, 0.29) is 5.91 Å². The van der Waals surface area contributed by atoms with E-state index in [0.29, 0.717) is 24.5 Å². The number of benzene rings is 2. The number of hydrazone groups is 1. The van der Waals surface area contributed by atoms with Crippen LogP contribution in [0.25, 0.3) is 0 Å². The summed E-state index contributed by atoms with van der Waals surface area (Å²) >= 11 is 5.91. The van der Waals surface area contributed by atoms with E-state index in [2.05, 4.69) is 10.5 Å². The fourth-order valence-electron chi connectivity index (χ4n) is 2.25. The third-order valence-electron chi connectivity index (χ3n) is 3.76. The highest BCUT2D eigenvalue weighted by Crippen LogP contribution is 2.21. The Bertz CT molecular complexity index is 755. The average Bonchev–Trinajstić information content (AvgIpc) is 2.58. The number of nitrogens with zero attached hydrogens (tertiary/aromatic N) is 1. The molecule has 5 heteroatoms. The SMILES string of the molecule is CC(=NNC(=O)CCCOc1ccc(Cl)cc1C)c1ccc(C)cc1. The standard InChI is InChI=1S/C20H23ClN2O2/c1-14-6-8-17(9-7-14)16(3)22-23-20(24)5-4-12-25-19-11-10-18(21)13-15(19)2/h6-11,13H,4-5,12H2,1-3H3,(H,23,24). The molecule has 2 aromatic carbocycles. The van der Waals surface area contributed by atoms with Crippen molar-refractivity contribution in [3.63, 3.8) is 0 Å². The summed E-state index contributed by atoms with van der Waals surface area (Å²) < 4.78 is 5.67. The fraction of sp³-hybridized carbons (Fsp3) is 0.300. The van der Waals surface area contributed by atoms with Gasteiger partial charge in [-0.15, -0.1) is 0 Å². The van der Waals surface area contributed by atoms with Crippen molar-refractivity contribution in [2.75, 3.05) is 6.61 Å². The molecule has 0 aromatic heterocycles. The van der Waals surface area contributed by atoms with Crippen molar-refractivity contribution in [2.45, 2.75) is 33.6 Å². The third kappa shape index (κ3) is 6.24. The highest BCUT2D eigenvalue weighted by molar-refractivity contribution is 6.30. The van der Waals surface area contributed by atoms with Crippen LogP contribution in [0.4, 0.5) is 0 Å². The van der Waals surface area contributed by atoms with E-state index in [9.17, 15) is 4.79 Å². The lowest BCUT2D eigenvalue weighted by Gasteiger charge is -2.09. The lowest BCUT2D eigenvalue weighted by molar-refractivity contribution is -0.121. The number of hydrogen-bond acceptors (Lipinski definition) is 3. The number of nitrogens with one attached hydrogen (secondary N) is 1. The lowest BCUT2D eigenvalue weighted by atomic mass is 10.1. The highest BCUT2D eigenvalue weighted by Gasteiger charge is 2.04. The number of carbonyl (C=O) groups is 1. The second kappa shape index (κ2) is 9.23. The van der Waals surface area contributed by atoms with Crippen LogP contribution in [0.2, 0.25) is 5.02 Å². The molecule has 25 heavy (non-hydrogen) atoms. The normalized spacial score (nSPS) is 11.3. The largest absolute Gasteiger partial charge is 0.493 e. The van der Waals surface area contributed by atoms with Crippen molar-refractivity contribution in [3.8, 4) is 5.75 Å². The quantitative estimate of drug-likeness (QED) is 0.444. The molecule has 4 nitrogen and oxygen atoms in total. The second-order valence-corrected chi connectivity index (χ2v) is 6.40. The molecule has 0 fully saturated rings. The molecule has 2 aromatic rings. The van der Waals surface area contributed by atoms with Gasteiger partial charge in [0.25, 0.3) is 0 Å². The van der Waals surface area contributed by atoms with Crippen molar-refractivity contribution >= 4 is 23.2 Å². The Hall–Kier alpha value is -2.33. The zero-order valence-corrected chi connectivity index (χ0v) is 15.6. The zero-order chi connectivity index (χ0) is 18.2. The number of hydrogen-bond donors (Lipinski definition) is 1. The van der Waals surface area contributed by atoms with Gasteiger partial charge in [-0.25, -0.2) is 5.43 Å². The molecule has 0 saturated heterocycles. The Balaban J connectivity index is 1.73. The molecule has 0 aliphatic carbocycles. The van der Waals surface area contributed by atoms with Crippen LogP contribution in [0.1, 0.15) is 36.5 Å². The van der Waals surface area contributed by atoms with Gasteiger partial charge in [0.15, 0.2) is 0 Å². The average molecular weight is 359 g/mol. The van der Waals surface area contributed by atoms with E-state index in [1.54, 1.807) is 6.07 Å². The van der Waals surface area contributed by atoms with Crippen molar-refractivity contribution in [2.24, 2.45) is 5.10 Å². The topological polar surface area (TPSA) is 50.7 Å². The first kappa shape index (κ1) is 19.0. The van der Waals surface area contributed by atoms with Crippen molar-refractivity contribution in [1.29, 1.82) is 0 Å². The van der Waals surface area contributed by atoms with Crippen molar-refractivity contribution in [1.82, 2.24) is 5.43 Å². The third-order valence-corrected chi connectivity index (χ3v) is 4.00. The summed E-state index contributed by atoms with van der Waals surface area (Å²) in [5, 5.41) is 4.83. The molecule has 0 atom stereocenters. The first-order valence-electron chi connectivity index (χ1n) is 8.25. The number of carbonyl (C=O) groups excluding carboxylic acids is 1. The van der Waals surface area contributed by atoms with E-state index < -0.39 is 0 Å². The van der Waals surface area contributed by atoms with Crippen LogP contribution in [-0.2, 0) is 4.79 Å². The molecular weight excluding hydrogens is 336 g/mol. The molecule has 0 aliphatic rings. The van der Waals surface area contributed by atoms with Crippen LogP contribution in [0.15, 0.2) is 47.6 Å². The monoisotopic (exact) mass is 358 g/mol. The van der Waals surface area contributed by atoms with Gasteiger partial charge in [0.05, 0.1) is 12.3 Å². The predicted octanol–water partition coefficient (Wildman–Crippen LogP) is 4.66. The van der Waals surface area contributed by atoms with Crippen LogP contribution in [-0.4, -0.2) is 18.2 Å². The number of rotatable bonds is 7. The number of amides is 1. The van der Waals surface area contributed by atoms with Crippen LogP contribution >= 0.6 is 11.6 Å². The Morgan fingerprint density at radius 2 is 1.88 bits per heavy atom. The van der Waals surface area contributed by atoms with Crippen LogP contribution in [0.3, 0.4) is 0 Å². The molecule has 132 valence electrons. The van der Waals surface area contributed by atoms with Crippen LogP contribution < -0.4 is 10.2 Å². The summed E-state index contributed by atoms with van der Waals surface area (Å²) in [5.74, 6) is 0.668. The molecule has 0 radical (unpaired) electrons. The van der Waals surface area contributed by atoms with Gasteiger partial charge in [0.1, 0.15) is 5.75 Å². The maximum atomic E-state index is 11.9. The Morgan fingerprint density at radius 1 is 1.16 bits per heavy atom. The zero-order valence-electron chi connectivity index (χ0n) is 14.8. The lowest BCUT2D eigenvalue weighted by Crippen LogP contribution is -2.19. The van der Waals surface area contributed by atoms with Gasteiger partial charge >= 0.3 is 0 Å². The van der Waals surface area contributed by atoms with E-state index in [1.165, 1.54) is 5.56 Å². The smallest absolute Gasteiger partial charge is 0.240 e. The number of aryl methyl sites for hydroxylation is 2. The minimum Gasteiger partial charge on any atom is -0.493 e. The van der Waals surface area contributed by atoms with Gasteiger partial charge in [0.2, 0.25) is 5.91 Å². The number of ether oxygens (including phenoxy) is 1. The molecule has 0 heterocycles. The minimum atomic E-state index is -0.122. The van der Waals surface area contributed by atoms with Gasteiger partial charge in [-0.2, -0.15) is 5.10 Å². The van der Waals surface area contributed by atoms with E-state index in [0.717, 1.165) is 22.6 Å². The summed E-state index contributed by atoms with van der Waals surface area (Å²) in [6.07, 6.45) is 0.977. The molecule has 0 aliphatic heterocycles. The molecule has 0 spiro atoms. The molecule has 2 rings (SSSR count). The first-order valence-corrected chi connectivity index (χ1v) is 8.62. The predicted molar refractivity (Wildman–Crippen MR) is 102 cm³/mol. The van der Waals surface area contributed by atoms with Gasteiger partial charge < -0.3 is 4.74 Å². The van der Waals surface area contributed by atoms with E-state index >= 15 is 0 Å². The van der Waals surface area contributed by atoms with Crippen LogP contribution in [0.5, 0.6) is 5.75 Å². The molecular formula is C20H23ClN2O2.